The fourth-order valence-corrected chi connectivity index (χ4v) is 3.16. The van der Waals surface area contributed by atoms with Crippen molar-refractivity contribution < 1.29 is 21.6 Å². The second-order valence-corrected chi connectivity index (χ2v) is 6.87. The maximum atomic E-state index is 12.8. The Morgan fingerprint density at radius 2 is 1.65 bits per heavy atom. The number of benzene rings is 1. The molecule has 0 aliphatic heterocycles. The van der Waals surface area contributed by atoms with Crippen molar-refractivity contribution >= 4 is 15.8 Å². The summed E-state index contributed by atoms with van der Waals surface area (Å²) in [4.78, 5) is 11.2. The molecule has 0 saturated carbocycles. The Morgan fingerprint density at radius 1 is 0.923 bits per heavy atom. The molecule has 0 spiro atoms. The van der Waals surface area contributed by atoms with Crippen LogP contribution >= 0.6 is 0 Å². The molecule has 0 radical (unpaired) electrons. The normalized spacial score (nSPS) is 12.0. The van der Waals surface area contributed by atoms with Crippen LogP contribution in [-0.2, 0) is 16.2 Å². The summed E-state index contributed by atoms with van der Waals surface area (Å²) in [5.74, 6) is -0.0250. The lowest BCUT2D eigenvalue weighted by Crippen LogP contribution is -2.15. The van der Waals surface area contributed by atoms with Crippen molar-refractivity contribution in [2.24, 2.45) is 0 Å². The molecule has 2 heterocycles. The Hall–Kier alpha value is -3.01. The van der Waals surface area contributed by atoms with Crippen molar-refractivity contribution in [1.29, 1.82) is 0 Å². The summed E-state index contributed by atoms with van der Waals surface area (Å²) in [6.07, 6.45) is 1.27. The second kappa shape index (κ2) is 6.71. The van der Waals surface area contributed by atoms with Gasteiger partial charge < -0.3 is 0 Å². The fraction of sp³-hybridized carbons (Fsp3) is 0.0625. The van der Waals surface area contributed by atoms with E-state index in [4.69, 9.17) is 0 Å². The maximum absolute atomic E-state index is 12.8. The van der Waals surface area contributed by atoms with E-state index < -0.39 is 26.7 Å². The molecular weight excluding hydrogens is 369 g/mol. The van der Waals surface area contributed by atoms with Crippen molar-refractivity contribution in [3.63, 3.8) is 0 Å². The monoisotopic (exact) mass is 380 g/mol. The number of nitrogens with zero attached hydrogens (tertiary/aromatic N) is 3. The topological polar surface area (TPSA) is 84.8 Å². The van der Waals surface area contributed by atoms with E-state index in [2.05, 4.69) is 19.7 Å². The standard InChI is InChI=1S/C16H11F3N4O2S/c17-16(18,19)13-2-1-3-14(6-13)26(24,25)23-15-5-4-11(9-22-15)12-7-20-10-21-8-12/h1-10H,(H,22,23). The summed E-state index contributed by atoms with van der Waals surface area (Å²) in [5, 5.41) is 0. The molecule has 6 nitrogen and oxygen atoms in total. The number of pyridine rings is 1. The van der Waals surface area contributed by atoms with E-state index >= 15 is 0 Å². The summed E-state index contributed by atoms with van der Waals surface area (Å²) >= 11 is 0. The van der Waals surface area contributed by atoms with E-state index in [-0.39, 0.29) is 5.82 Å². The Balaban J connectivity index is 1.84. The van der Waals surface area contributed by atoms with Gasteiger partial charge in [-0.15, -0.1) is 0 Å². The van der Waals surface area contributed by atoms with Gasteiger partial charge in [0.15, 0.2) is 0 Å². The van der Waals surface area contributed by atoms with E-state index in [1.54, 1.807) is 18.5 Å². The lowest BCUT2D eigenvalue weighted by Gasteiger charge is -2.11. The maximum Gasteiger partial charge on any atom is 0.416 e. The number of sulfonamides is 1. The van der Waals surface area contributed by atoms with Crippen LogP contribution in [0.25, 0.3) is 11.1 Å². The van der Waals surface area contributed by atoms with E-state index in [1.807, 2.05) is 0 Å². The molecule has 3 rings (SSSR count). The summed E-state index contributed by atoms with van der Waals surface area (Å²) < 4.78 is 65.0. The number of aromatic nitrogens is 3. The molecule has 134 valence electrons. The highest BCUT2D eigenvalue weighted by Crippen LogP contribution is 2.30. The zero-order valence-corrected chi connectivity index (χ0v) is 13.8. The smallest absolute Gasteiger partial charge is 0.263 e. The number of rotatable bonds is 4. The van der Waals surface area contributed by atoms with E-state index in [9.17, 15) is 21.6 Å². The van der Waals surface area contributed by atoms with E-state index in [1.165, 1.54) is 18.6 Å². The first kappa shape index (κ1) is 17.8. The molecule has 3 aromatic rings. The van der Waals surface area contributed by atoms with Crippen molar-refractivity contribution in [3.05, 3.63) is 66.9 Å². The number of hydrogen-bond acceptors (Lipinski definition) is 5. The SMILES string of the molecule is O=S(=O)(Nc1ccc(-c2cncnc2)cn1)c1cccc(C(F)(F)F)c1. The number of nitrogens with one attached hydrogen (secondary N) is 1. The van der Waals surface area contributed by atoms with E-state index in [0.717, 1.165) is 18.2 Å². The Bertz CT molecular complexity index is 1010. The zero-order valence-electron chi connectivity index (χ0n) is 13.0. The van der Waals surface area contributed by atoms with Crippen LogP contribution < -0.4 is 4.72 Å². The van der Waals surface area contributed by atoms with Crippen LogP contribution in [0.1, 0.15) is 5.56 Å². The third-order valence-corrected chi connectivity index (χ3v) is 4.72. The fourth-order valence-electron chi connectivity index (χ4n) is 2.11. The van der Waals surface area contributed by atoms with Gasteiger partial charge in [-0.25, -0.2) is 23.4 Å². The Morgan fingerprint density at radius 3 is 2.27 bits per heavy atom. The van der Waals surface area contributed by atoms with Crippen LogP contribution in [0.4, 0.5) is 19.0 Å². The van der Waals surface area contributed by atoms with Gasteiger partial charge in [-0.2, -0.15) is 13.2 Å². The van der Waals surface area contributed by atoms with Gasteiger partial charge in [0, 0.05) is 29.7 Å². The molecule has 26 heavy (non-hydrogen) atoms. The van der Waals surface area contributed by atoms with Crippen molar-refractivity contribution in [3.8, 4) is 11.1 Å². The highest BCUT2D eigenvalue weighted by molar-refractivity contribution is 7.92. The van der Waals surface area contributed by atoms with Gasteiger partial charge in [0.2, 0.25) is 0 Å². The molecule has 1 N–H and O–H groups in total. The average molecular weight is 380 g/mol. The van der Waals surface area contributed by atoms with Crippen LogP contribution in [0.3, 0.4) is 0 Å². The number of anilines is 1. The summed E-state index contributed by atoms with van der Waals surface area (Å²) in [5.41, 5.74) is 0.299. The van der Waals surface area contributed by atoms with Crippen molar-refractivity contribution in [2.45, 2.75) is 11.1 Å². The molecule has 2 aromatic heterocycles. The zero-order chi connectivity index (χ0) is 18.8. The lowest BCUT2D eigenvalue weighted by atomic mass is 10.1. The second-order valence-electron chi connectivity index (χ2n) is 5.19. The number of alkyl halides is 3. The molecule has 0 aliphatic rings. The number of hydrogen-bond donors (Lipinski definition) is 1. The molecule has 1 aromatic carbocycles. The molecule has 0 amide bonds. The van der Waals surface area contributed by atoms with E-state index in [0.29, 0.717) is 17.2 Å². The first-order chi connectivity index (χ1) is 12.3. The molecule has 0 bridgehead atoms. The van der Waals surface area contributed by atoms with Gasteiger partial charge >= 0.3 is 6.18 Å². The Kier molecular flexibility index (Phi) is 4.60. The predicted molar refractivity (Wildman–Crippen MR) is 87.5 cm³/mol. The molecule has 0 atom stereocenters. The molecule has 0 aliphatic carbocycles. The van der Waals surface area contributed by atoms with Gasteiger partial charge in [-0.1, -0.05) is 6.07 Å². The van der Waals surface area contributed by atoms with Crippen LogP contribution in [0.5, 0.6) is 0 Å². The third kappa shape index (κ3) is 3.97. The van der Waals surface area contributed by atoms with Crippen LogP contribution in [0.2, 0.25) is 0 Å². The summed E-state index contributed by atoms with van der Waals surface area (Å²) in [6, 6.07) is 6.46. The minimum absolute atomic E-state index is 0.0250. The highest BCUT2D eigenvalue weighted by atomic mass is 32.2. The van der Waals surface area contributed by atoms with Gasteiger partial charge in [0.25, 0.3) is 10.0 Å². The highest BCUT2D eigenvalue weighted by Gasteiger charge is 2.31. The summed E-state index contributed by atoms with van der Waals surface area (Å²) in [6.45, 7) is 0. The van der Waals surface area contributed by atoms with Crippen LogP contribution in [-0.4, -0.2) is 23.4 Å². The third-order valence-electron chi connectivity index (χ3n) is 3.37. The molecule has 10 heteroatoms. The van der Waals surface area contributed by atoms with Crippen LogP contribution in [0, 0.1) is 0 Å². The van der Waals surface area contributed by atoms with Gasteiger partial charge in [-0.3, -0.25) is 4.72 Å². The average Bonchev–Trinajstić information content (AvgIpc) is 2.62. The largest absolute Gasteiger partial charge is 0.416 e. The molecule has 0 fully saturated rings. The first-order valence-corrected chi connectivity index (χ1v) is 8.65. The van der Waals surface area contributed by atoms with Gasteiger partial charge in [0.1, 0.15) is 12.1 Å². The molecule has 0 saturated heterocycles. The lowest BCUT2D eigenvalue weighted by molar-refractivity contribution is -0.137. The number of halogens is 3. The minimum Gasteiger partial charge on any atom is -0.263 e. The van der Waals surface area contributed by atoms with Gasteiger partial charge in [-0.05, 0) is 30.3 Å². The minimum atomic E-state index is -4.64. The Labute approximate surface area is 146 Å². The predicted octanol–water partition coefficient (Wildman–Crippen LogP) is 3.36. The van der Waals surface area contributed by atoms with Gasteiger partial charge in [0.05, 0.1) is 10.5 Å². The quantitative estimate of drug-likeness (QED) is 0.750. The van der Waals surface area contributed by atoms with Crippen molar-refractivity contribution in [2.75, 3.05) is 4.72 Å². The van der Waals surface area contributed by atoms with Crippen LogP contribution in [0.15, 0.2) is 66.2 Å². The molecule has 0 unspecified atom stereocenters. The first-order valence-electron chi connectivity index (χ1n) is 7.17. The summed E-state index contributed by atoms with van der Waals surface area (Å²) in [7, 11) is -4.21. The van der Waals surface area contributed by atoms with Crippen molar-refractivity contribution in [1.82, 2.24) is 15.0 Å². The molecular formula is C16H11F3N4O2S.